The summed E-state index contributed by atoms with van der Waals surface area (Å²) >= 11 is 0. The Bertz CT molecular complexity index is 380. The zero-order valence-corrected chi connectivity index (χ0v) is 10.2. The lowest BCUT2D eigenvalue weighted by atomic mass is 10.2. The van der Waals surface area contributed by atoms with Gasteiger partial charge in [0.25, 0.3) is 0 Å². The van der Waals surface area contributed by atoms with E-state index in [2.05, 4.69) is 5.32 Å². The first kappa shape index (κ1) is 13.3. The molecule has 0 saturated carbocycles. The minimum atomic E-state index is -0.0815. The van der Waals surface area contributed by atoms with Crippen LogP contribution in [0.2, 0.25) is 0 Å². The van der Waals surface area contributed by atoms with Gasteiger partial charge in [-0.15, -0.1) is 0 Å². The quantitative estimate of drug-likeness (QED) is 0.583. The molecule has 94 valence electrons. The molecule has 3 N–H and O–H groups in total. The largest absolute Gasteiger partial charge is 0.497 e. The lowest BCUT2D eigenvalue weighted by molar-refractivity contribution is -0.116. The molecule has 1 aromatic carbocycles. The molecule has 0 unspecified atom stereocenters. The number of hydrogen-bond donors (Lipinski definition) is 2. The molecule has 0 heterocycles. The van der Waals surface area contributed by atoms with Crippen molar-refractivity contribution in [2.45, 2.75) is 12.8 Å². The molecular weight excluding hydrogens is 220 g/mol. The summed E-state index contributed by atoms with van der Waals surface area (Å²) in [5.74, 6) is 0.577. The zero-order valence-electron chi connectivity index (χ0n) is 10.2. The van der Waals surface area contributed by atoms with Crippen LogP contribution in [0.4, 0.5) is 11.4 Å². The second kappa shape index (κ2) is 6.75. The summed E-state index contributed by atoms with van der Waals surface area (Å²) in [7, 11) is 3.17. The molecule has 0 radical (unpaired) electrons. The van der Waals surface area contributed by atoms with E-state index in [-0.39, 0.29) is 5.91 Å². The average molecular weight is 238 g/mol. The van der Waals surface area contributed by atoms with Crippen molar-refractivity contribution in [1.29, 1.82) is 0 Å². The number of nitrogens with two attached hydrogens (primary N) is 1. The van der Waals surface area contributed by atoms with E-state index >= 15 is 0 Å². The van der Waals surface area contributed by atoms with Gasteiger partial charge in [0.1, 0.15) is 5.75 Å². The number of carbonyl (C=O) groups is 1. The Hall–Kier alpha value is -1.75. The van der Waals surface area contributed by atoms with Crippen LogP contribution in [0.15, 0.2) is 18.2 Å². The lowest BCUT2D eigenvalue weighted by Gasteiger charge is -2.09. The molecule has 0 spiro atoms. The molecule has 0 bridgehead atoms. The topological polar surface area (TPSA) is 73.6 Å². The van der Waals surface area contributed by atoms with Gasteiger partial charge in [0.2, 0.25) is 5.91 Å². The average Bonchev–Trinajstić information content (AvgIpc) is 2.32. The number of amides is 1. The zero-order chi connectivity index (χ0) is 12.7. The number of methoxy groups -OCH3 is 2. The Morgan fingerprint density at radius 2 is 2.18 bits per heavy atom. The highest BCUT2D eigenvalue weighted by molar-refractivity contribution is 5.94. The Kier molecular flexibility index (Phi) is 5.29. The molecule has 1 aromatic rings. The van der Waals surface area contributed by atoms with Crippen LogP contribution in [-0.4, -0.2) is 26.7 Å². The summed E-state index contributed by atoms with van der Waals surface area (Å²) in [4.78, 5) is 11.6. The third-order valence-corrected chi connectivity index (χ3v) is 2.29. The fourth-order valence-corrected chi connectivity index (χ4v) is 1.36. The van der Waals surface area contributed by atoms with E-state index in [1.807, 2.05) is 0 Å². The standard InChI is InChI=1S/C12H18N2O3/c1-16-7-3-4-12(15)14-11-8-9(17-2)5-6-10(11)13/h5-6,8H,3-4,7,13H2,1-2H3,(H,14,15). The van der Waals surface area contributed by atoms with Crippen LogP contribution in [0, 0.1) is 0 Å². The second-order valence-corrected chi connectivity index (χ2v) is 3.60. The summed E-state index contributed by atoms with van der Waals surface area (Å²) in [6, 6.07) is 5.14. The first-order chi connectivity index (χ1) is 8.17. The van der Waals surface area contributed by atoms with Crippen molar-refractivity contribution in [3.8, 4) is 5.75 Å². The van der Waals surface area contributed by atoms with Gasteiger partial charge < -0.3 is 20.5 Å². The van der Waals surface area contributed by atoms with Crippen molar-refractivity contribution in [1.82, 2.24) is 0 Å². The molecule has 0 aliphatic rings. The number of carbonyl (C=O) groups excluding carboxylic acids is 1. The molecule has 5 nitrogen and oxygen atoms in total. The van der Waals surface area contributed by atoms with Crippen LogP contribution < -0.4 is 15.8 Å². The number of anilines is 2. The number of nitrogen functional groups attached to an aromatic ring is 1. The van der Waals surface area contributed by atoms with E-state index in [9.17, 15) is 4.79 Å². The van der Waals surface area contributed by atoms with Crippen LogP contribution in [0.1, 0.15) is 12.8 Å². The van der Waals surface area contributed by atoms with Crippen molar-refractivity contribution in [3.63, 3.8) is 0 Å². The Balaban J connectivity index is 2.57. The van der Waals surface area contributed by atoms with E-state index in [1.165, 1.54) is 0 Å². The third kappa shape index (κ3) is 4.32. The first-order valence-corrected chi connectivity index (χ1v) is 5.39. The van der Waals surface area contributed by atoms with Crippen molar-refractivity contribution < 1.29 is 14.3 Å². The van der Waals surface area contributed by atoms with Gasteiger partial charge in [-0.05, 0) is 18.6 Å². The molecule has 0 aromatic heterocycles. The van der Waals surface area contributed by atoms with Gasteiger partial charge in [-0.1, -0.05) is 0 Å². The minimum absolute atomic E-state index is 0.0815. The summed E-state index contributed by atoms with van der Waals surface area (Å²) in [6.07, 6.45) is 1.09. The maximum Gasteiger partial charge on any atom is 0.224 e. The van der Waals surface area contributed by atoms with E-state index in [4.69, 9.17) is 15.2 Å². The molecule has 0 aliphatic carbocycles. The number of nitrogens with one attached hydrogen (secondary N) is 1. The highest BCUT2D eigenvalue weighted by atomic mass is 16.5. The molecule has 0 aliphatic heterocycles. The summed E-state index contributed by atoms with van der Waals surface area (Å²) < 4.78 is 9.94. The van der Waals surface area contributed by atoms with Crippen LogP contribution in [0.3, 0.4) is 0 Å². The minimum Gasteiger partial charge on any atom is -0.497 e. The number of rotatable bonds is 6. The fourth-order valence-electron chi connectivity index (χ4n) is 1.36. The molecule has 1 rings (SSSR count). The van der Waals surface area contributed by atoms with Crippen molar-refractivity contribution in [3.05, 3.63) is 18.2 Å². The molecule has 17 heavy (non-hydrogen) atoms. The van der Waals surface area contributed by atoms with Crippen LogP contribution in [0.5, 0.6) is 5.75 Å². The maximum absolute atomic E-state index is 11.6. The van der Waals surface area contributed by atoms with Gasteiger partial charge in [-0.3, -0.25) is 4.79 Å². The Morgan fingerprint density at radius 3 is 2.82 bits per heavy atom. The highest BCUT2D eigenvalue weighted by Gasteiger charge is 2.06. The maximum atomic E-state index is 11.6. The smallest absolute Gasteiger partial charge is 0.224 e. The van der Waals surface area contributed by atoms with E-state index in [0.29, 0.717) is 36.6 Å². The van der Waals surface area contributed by atoms with Gasteiger partial charge in [0.15, 0.2) is 0 Å². The molecule has 5 heteroatoms. The summed E-state index contributed by atoms with van der Waals surface area (Å²) in [6.45, 7) is 0.570. The highest BCUT2D eigenvalue weighted by Crippen LogP contribution is 2.24. The normalized spacial score (nSPS) is 10.0. The van der Waals surface area contributed by atoms with E-state index in [1.54, 1.807) is 32.4 Å². The molecule has 0 atom stereocenters. The number of benzene rings is 1. The lowest BCUT2D eigenvalue weighted by Crippen LogP contribution is -2.13. The second-order valence-electron chi connectivity index (χ2n) is 3.60. The van der Waals surface area contributed by atoms with E-state index in [0.717, 1.165) is 0 Å². The Morgan fingerprint density at radius 1 is 1.41 bits per heavy atom. The molecule has 1 amide bonds. The Labute approximate surface area is 101 Å². The SMILES string of the molecule is COCCCC(=O)Nc1cc(OC)ccc1N. The van der Waals surface area contributed by atoms with Crippen LogP contribution >= 0.6 is 0 Å². The van der Waals surface area contributed by atoms with Gasteiger partial charge in [-0.25, -0.2) is 0 Å². The van der Waals surface area contributed by atoms with Gasteiger partial charge in [0, 0.05) is 26.2 Å². The van der Waals surface area contributed by atoms with Crippen molar-refractivity contribution >= 4 is 17.3 Å². The monoisotopic (exact) mass is 238 g/mol. The van der Waals surface area contributed by atoms with Gasteiger partial charge >= 0.3 is 0 Å². The van der Waals surface area contributed by atoms with E-state index < -0.39 is 0 Å². The number of ether oxygens (including phenoxy) is 2. The molecule has 0 fully saturated rings. The molecular formula is C12H18N2O3. The van der Waals surface area contributed by atoms with Crippen LogP contribution in [-0.2, 0) is 9.53 Å². The fraction of sp³-hybridized carbons (Fsp3) is 0.417. The summed E-state index contributed by atoms with van der Waals surface area (Å²) in [5.41, 5.74) is 6.85. The predicted octanol–water partition coefficient (Wildman–Crippen LogP) is 1.64. The van der Waals surface area contributed by atoms with Crippen molar-refractivity contribution in [2.75, 3.05) is 31.9 Å². The summed E-state index contributed by atoms with van der Waals surface area (Å²) in [5, 5.41) is 2.74. The van der Waals surface area contributed by atoms with Gasteiger partial charge in [-0.2, -0.15) is 0 Å². The first-order valence-electron chi connectivity index (χ1n) is 5.39. The molecule has 0 saturated heterocycles. The third-order valence-electron chi connectivity index (χ3n) is 2.29. The van der Waals surface area contributed by atoms with Crippen LogP contribution in [0.25, 0.3) is 0 Å². The predicted molar refractivity (Wildman–Crippen MR) is 67.1 cm³/mol. The van der Waals surface area contributed by atoms with Gasteiger partial charge in [0.05, 0.1) is 18.5 Å². The number of hydrogen-bond acceptors (Lipinski definition) is 4. The van der Waals surface area contributed by atoms with Crippen molar-refractivity contribution in [2.24, 2.45) is 0 Å².